The number of ether oxygens (including phenoxy) is 1. The summed E-state index contributed by atoms with van der Waals surface area (Å²) in [4.78, 5) is 8.13. The lowest BCUT2D eigenvalue weighted by molar-refractivity contribution is 0.265. The molecule has 1 aromatic carbocycles. The van der Waals surface area contributed by atoms with Crippen LogP contribution in [0.25, 0.3) is 0 Å². The molecule has 3 rings (SSSR count). The Morgan fingerprint density at radius 1 is 1.28 bits per heavy atom. The molecular formula is C17H12Cl2N4O2. The van der Waals surface area contributed by atoms with Crippen molar-refractivity contribution in [3.8, 4) is 11.8 Å². The number of nitrogens with zero attached hydrogens (tertiary/aromatic N) is 3. The lowest BCUT2D eigenvalue weighted by Crippen LogP contribution is -2.00. The molecule has 0 saturated carbocycles. The van der Waals surface area contributed by atoms with Crippen LogP contribution < -0.4 is 10.1 Å². The first-order valence-electron chi connectivity index (χ1n) is 7.26. The van der Waals surface area contributed by atoms with Gasteiger partial charge in [0.15, 0.2) is 6.61 Å². The second-order valence-corrected chi connectivity index (χ2v) is 5.82. The summed E-state index contributed by atoms with van der Waals surface area (Å²) in [5, 5.41) is 13.1. The van der Waals surface area contributed by atoms with Crippen molar-refractivity contribution in [1.29, 1.82) is 5.26 Å². The number of oxazole rings is 1. The quantitative estimate of drug-likeness (QED) is 0.686. The molecule has 2 aromatic heterocycles. The number of halogens is 2. The fourth-order valence-electron chi connectivity index (χ4n) is 2.04. The van der Waals surface area contributed by atoms with Gasteiger partial charge in [0.05, 0.1) is 5.02 Å². The molecule has 0 saturated heterocycles. The van der Waals surface area contributed by atoms with E-state index in [-0.39, 0.29) is 24.1 Å². The summed E-state index contributed by atoms with van der Waals surface area (Å²) >= 11 is 11.9. The van der Waals surface area contributed by atoms with E-state index < -0.39 is 0 Å². The molecule has 0 fully saturated rings. The maximum atomic E-state index is 9.19. The Hall–Kier alpha value is -2.75. The van der Waals surface area contributed by atoms with Crippen LogP contribution in [0, 0.1) is 11.3 Å². The number of pyridine rings is 1. The van der Waals surface area contributed by atoms with Crippen LogP contribution in [0.3, 0.4) is 0 Å². The van der Waals surface area contributed by atoms with Gasteiger partial charge in [0.25, 0.3) is 0 Å². The number of nitriles is 1. The largest absolute Gasteiger partial charge is 0.482 e. The Morgan fingerprint density at radius 2 is 2.16 bits per heavy atom. The van der Waals surface area contributed by atoms with Crippen LogP contribution in [0.1, 0.15) is 17.1 Å². The Morgan fingerprint density at radius 3 is 2.88 bits per heavy atom. The molecule has 1 N–H and O–H groups in total. The monoisotopic (exact) mass is 374 g/mol. The van der Waals surface area contributed by atoms with Crippen LogP contribution in [0.4, 0.5) is 5.88 Å². The van der Waals surface area contributed by atoms with Gasteiger partial charge in [0.2, 0.25) is 17.5 Å². The summed E-state index contributed by atoms with van der Waals surface area (Å²) in [6.07, 6.45) is 3.41. The van der Waals surface area contributed by atoms with Gasteiger partial charge in [-0.3, -0.25) is 4.98 Å². The molecule has 0 bridgehead atoms. The highest BCUT2D eigenvalue weighted by Crippen LogP contribution is 2.28. The first-order valence-corrected chi connectivity index (χ1v) is 8.01. The second-order valence-electron chi connectivity index (χ2n) is 4.98. The van der Waals surface area contributed by atoms with Crippen LogP contribution in [0.15, 0.2) is 47.1 Å². The number of nitrogens with one attached hydrogen (secondary N) is 1. The van der Waals surface area contributed by atoms with E-state index in [0.717, 1.165) is 5.56 Å². The normalized spacial score (nSPS) is 10.3. The van der Waals surface area contributed by atoms with Crippen LogP contribution in [0.2, 0.25) is 10.0 Å². The average molecular weight is 375 g/mol. The zero-order chi connectivity index (χ0) is 17.6. The summed E-state index contributed by atoms with van der Waals surface area (Å²) < 4.78 is 11.1. The van der Waals surface area contributed by atoms with Crippen molar-refractivity contribution in [3.05, 3.63) is 69.9 Å². The number of hydrogen-bond donors (Lipinski definition) is 1. The summed E-state index contributed by atoms with van der Waals surface area (Å²) in [6.45, 7) is 0.492. The Kier molecular flexibility index (Phi) is 5.39. The molecular weight excluding hydrogens is 363 g/mol. The SMILES string of the molecule is N#Cc1nc(COc2ccc(Cl)cc2Cl)oc1NCc1cccnc1. The maximum Gasteiger partial charge on any atom is 0.236 e. The van der Waals surface area contributed by atoms with E-state index in [1.165, 1.54) is 0 Å². The van der Waals surface area contributed by atoms with Crippen molar-refractivity contribution in [2.75, 3.05) is 5.32 Å². The minimum Gasteiger partial charge on any atom is -0.482 e. The van der Waals surface area contributed by atoms with Crippen molar-refractivity contribution < 1.29 is 9.15 Å². The van der Waals surface area contributed by atoms with Crippen LogP contribution >= 0.6 is 23.2 Å². The van der Waals surface area contributed by atoms with Crippen molar-refractivity contribution >= 4 is 29.1 Å². The van der Waals surface area contributed by atoms with Gasteiger partial charge in [-0.2, -0.15) is 10.2 Å². The topological polar surface area (TPSA) is 84.0 Å². The number of aromatic nitrogens is 2. The van der Waals surface area contributed by atoms with Gasteiger partial charge in [0, 0.05) is 24.0 Å². The third-order valence-corrected chi connectivity index (χ3v) is 3.73. The van der Waals surface area contributed by atoms with Crippen molar-refractivity contribution in [3.63, 3.8) is 0 Å². The van der Waals surface area contributed by atoms with Gasteiger partial charge in [0.1, 0.15) is 11.8 Å². The van der Waals surface area contributed by atoms with Crippen LogP contribution in [-0.2, 0) is 13.2 Å². The molecule has 6 nitrogen and oxygen atoms in total. The van der Waals surface area contributed by atoms with Gasteiger partial charge in [-0.15, -0.1) is 0 Å². The predicted molar refractivity (Wildman–Crippen MR) is 93.6 cm³/mol. The van der Waals surface area contributed by atoms with E-state index in [0.29, 0.717) is 22.3 Å². The Bertz CT molecular complexity index is 907. The smallest absolute Gasteiger partial charge is 0.236 e. The molecule has 25 heavy (non-hydrogen) atoms. The zero-order valence-corrected chi connectivity index (χ0v) is 14.4. The van der Waals surface area contributed by atoms with Crippen LogP contribution in [0.5, 0.6) is 5.75 Å². The third kappa shape index (κ3) is 4.41. The summed E-state index contributed by atoms with van der Waals surface area (Å²) in [5.41, 5.74) is 1.11. The average Bonchev–Trinajstić information content (AvgIpc) is 3.02. The van der Waals surface area contributed by atoms with Gasteiger partial charge >= 0.3 is 0 Å². The fraction of sp³-hybridized carbons (Fsp3) is 0.118. The van der Waals surface area contributed by atoms with Crippen LogP contribution in [-0.4, -0.2) is 9.97 Å². The van der Waals surface area contributed by atoms with E-state index in [4.69, 9.17) is 32.4 Å². The van der Waals surface area contributed by atoms with E-state index in [1.54, 1.807) is 30.6 Å². The first kappa shape index (κ1) is 17.1. The summed E-state index contributed by atoms with van der Waals surface area (Å²) in [7, 11) is 0. The summed E-state index contributed by atoms with van der Waals surface area (Å²) in [6, 6.07) is 10.6. The first-order chi connectivity index (χ1) is 12.2. The van der Waals surface area contributed by atoms with Gasteiger partial charge in [-0.1, -0.05) is 29.3 Å². The third-order valence-electron chi connectivity index (χ3n) is 3.20. The molecule has 0 amide bonds. The highest BCUT2D eigenvalue weighted by Gasteiger charge is 2.14. The Balaban J connectivity index is 1.67. The predicted octanol–water partition coefficient (Wildman–Crippen LogP) is 4.44. The summed E-state index contributed by atoms with van der Waals surface area (Å²) in [5.74, 6) is 0.996. The second kappa shape index (κ2) is 7.88. The molecule has 0 aliphatic rings. The maximum absolute atomic E-state index is 9.19. The molecule has 126 valence electrons. The highest BCUT2D eigenvalue weighted by atomic mass is 35.5. The fourth-order valence-corrected chi connectivity index (χ4v) is 2.50. The lowest BCUT2D eigenvalue weighted by atomic mass is 10.3. The molecule has 0 aliphatic heterocycles. The number of anilines is 1. The lowest BCUT2D eigenvalue weighted by Gasteiger charge is -2.06. The molecule has 0 spiro atoms. The van der Waals surface area contributed by atoms with Gasteiger partial charge in [-0.25, -0.2) is 0 Å². The van der Waals surface area contributed by atoms with E-state index in [2.05, 4.69) is 15.3 Å². The highest BCUT2D eigenvalue weighted by molar-refractivity contribution is 6.35. The molecule has 0 aliphatic carbocycles. The standard InChI is InChI=1S/C17H12Cl2N4O2/c18-12-3-4-15(13(19)6-12)24-10-16-23-14(7-20)17(25-16)22-9-11-2-1-5-21-8-11/h1-6,8,22H,9-10H2. The zero-order valence-electron chi connectivity index (χ0n) is 12.9. The van der Waals surface area contributed by atoms with Gasteiger partial charge < -0.3 is 14.5 Å². The molecule has 8 heteroatoms. The minimum absolute atomic E-state index is 0.0323. The molecule has 2 heterocycles. The van der Waals surface area contributed by atoms with Crippen molar-refractivity contribution in [1.82, 2.24) is 9.97 Å². The van der Waals surface area contributed by atoms with Crippen molar-refractivity contribution in [2.45, 2.75) is 13.2 Å². The number of rotatable bonds is 6. The number of hydrogen-bond acceptors (Lipinski definition) is 6. The minimum atomic E-state index is 0.0323. The van der Waals surface area contributed by atoms with E-state index in [1.807, 2.05) is 18.2 Å². The van der Waals surface area contributed by atoms with E-state index >= 15 is 0 Å². The van der Waals surface area contributed by atoms with Crippen molar-refractivity contribution in [2.24, 2.45) is 0 Å². The molecule has 0 atom stereocenters. The Labute approximate surface area is 154 Å². The van der Waals surface area contributed by atoms with E-state index in [9.17, 15) is 5.26 Å². The van der Waals surface area contributed by atoms with Gasteiger partial charge in [-0.05, 0) is 29.8 Å². The molecule has 3 aromatic rings. The number of benzene rings is 1. The molecule has 0 radical (unpaired) electrons. The molecule has 0 unspecified atom stereocenters.